The number of carboxylic acid groups (broad SMARTS) is 2. The number of thiophene rings is 1. The molecule has 20 heteroatoms. The van der Waals surface area contributed by atoms with Crippen LogP contribution in [0, 0.1) is 0 Å². The van der Waals surface area contributed by atoms with E-state index in [1.807, 2.05) is 73.1 Å². The van der Waals surface area contributed by atoms with E-state index < -0.39 is 46.1 Å². The first-order valence-corrected chi connectivity index (χ1v) is 25.5. The quantitative estimate of drug-likeness (QED) is 0.0832. The van der Waals surface area contributed by atoms with Gasteiger partial charge in [-0.25, -0.2) is 23.0 Å². The average Bonchev–Trinajstić information content (AvgIpc) is 3.97. The number of aromatic nitrogens is 2. The number of halogens is 1. The van der Waals surface area contributed by atoms with Gasteiger partial charge in [-0.15, -0.1) is 11.3 Å². The molecule has 0 saturated carbocycles. The van der Waals surface area contributed by atoms with Crippen molar-refractivity contribution in [2.75, 3.05) is 41.4 Å². The molecule has 358 valence electrons. The van der Waals surface area contributed by atoms with Gasteiger partial charge in [0.2, 0.25) is 21.8 Å². The molecule has 4 aliphatic rings. The number of hydrogen-bond donors (Lipinski definition) is 4. The number of carbonyl (C=O) groups excluding carboxylic acids is 3. The number of nitrogens with one attached hydrogen (secondary N) is 2. The molecule has 3 amide bonds. The van der Waals surface area contributed by atoms with Crippen LogP contribution in [0.2, 0.25) is 5.02 Å². The van der Waals surface area contributed by atoms with E-state index in [0.29, 0.717) is 52.3 Å². The van der Waals surface area contributed by atoms with Crippen LogP contribution in [0.25, 0.3) is 26.9 Å². The molecule has 3 aromatic carbocycles. The molecule has 0 bridgehead atoms. The van der Waals surface area contributed by atoms with Gasteiger partial charge in [0, 0.05) is 60.5 Å². The summed E-state index contributed by atoms with van der Waals surface area (Å²) in [7, 11) is -3.76. The monoisotopic (exact) mass is 993 g/mol. The second-order valence-corrected chi connectivity index (χ2v) is 21.9. The fourth-order valence-electron chi connectivity index (χ4n) is 10.6. The number of nitrogens with zero attached hydrogens (tertiary/aromatic N) is 5. The molecule has 2 unspecified atom stereocenters. The summed E-state index contributed by atoms with van der Waals surface area (Å²) in [5.74, 6) is -2.91. The number of hydrogen-bond acceptors (Lipinski definition) is 12. The number of carbonyl (C=O) groups is 5. The number of rotatable bonds is 13. The van der Waals surface area contributed by atoms with Crippen molar-refractivity contribution in [1.82, 2.24) is 19.0 Å². The van der Waals surface area contributed by atoms with Crippen LogP contribution in [0.4, 0.5) is 17.2 Å². The number of sulfonamides is 1. The molecule has 4 N–H and O–H groups in total. The van der Waals surface area contributed by atoms with Crippen molar-refractivity contribution in [1.29, 1.82) is 0 Å². The summed E-state index contributed by atoms with van der Waals surface area (Å²) in [4.78, 5) is 70.4. The number of carboxylic acids is 2. The summed E-state index contributed by atoms with van der Waals surface area (Å²) in [6.07, 6.45) is 7.02. The fraction of sp³-hybridized carbons (Fsp3) is 0.347. The molecule has 3 fully saturated rings. The highest BCUT2D eigenvalue weighted by Gasteiger charge is 2.43. The number of amides is 3. The molecular formula is C49H48ClN7O10S2. The topological polar surface area (TPSA) is 220 Å². The molecule has 2 atom stereocenters. The van der Waals surface area contributed by atoms with E-state index in [-0.39, 0.29) is 58.0 Å². The number of benzene rings is 3. The molecule has 0 spiro atoms. The highest BCUT2D eigenvalue weighted by molar-refractivity contribution is 7.88. The molecule has 6 aromatic rings. The maximum absolute atomic E-state index is 14.1. The zero-order valence-electron chi connectivity index (χ0n) is 37.6. The molecule has 4 aliphatic heterocycles. The number of anilines is 3. The van der Waals surface area contributed by atoms with Gasteiger partial charge in [-0.2, -0.15) is 4.31 Å². The molecule has 17 nitrogen and oxygen atoms in total. The van der Waals surface area contributed by atoms with Crippen molar-refractivity contribution >= 4 is 96.2 Å². The van der Waals surface area contributed by atoms with Gasteiger partial charge in [0.25, 0.3) is 5.91 Å². The zero-order valence-corrected chi connectivity index (χ0v) is 40.0. The predicted molar refractivity (Wildman–Crippen MR) is 261 cm³/mol. The van der Waals surface area contributed by atoms with Crippen LogP contribution < -0.4 is 25.2 Å². The lowest BCUT2D eigenvalue weighted by atomic mass is 9.85. The van der Waals surface area contributed by atoms with Crippen LogP contribution in [-0.2, 0) is 30.2 Å². The van der Waals surface area contributed by atoms with E-state index in [4.69, 9.17) is 26.4 Å². The summed E-state index contributed by atoms with van der Waals surface area (Å²) >= 11 is 7.43. The molecular weight excluding hydrogens is 946 g/mol. The number of ether oxygens (including phenoxy) is 1. The molecule has 3 aromatic heterocycles. The second-order valence-electron chi connectivity index (χ2n) is 18.7. The Kier molecular flexibility index (Phi) is 11.9. The third-order valence-electron chi connectivity index (χ3n) is 13.7. The Bertz CT molecular complexity index is 3240. The Balaban J connectivity index is 0.778. The SMILES string of the molecule is CC1(C)CC(Nc2cccc(-c3sc(C(=O)O)c(OCC(=O)O)c3Cl)c2)CCN1S(=O)(=O)Cc1ccn2cc(N3CCC(c4ccc5c6c(cccc46)C(=O)N5C4CCC(=O)NC4=O)CC3)nc2c1. The maximum atomic E-state index is 14.1. The van der Waals surface area contributed by atoms with E-state index in [9.17, 15) is 37.5 Å². The van der Waals surface area contributed by atoms with Gasteiger partial charge in [-0.05, 0) is 110 Å². The van der Waals surface area contributed by atoms with Crippen LogP contribution in [0.5, 0.6) is 5.75 Å². The van der Waals surface area contributed by atoms with Crippen LogP contribution in [0.15, 0.2) is 79.1 Å². The van der Waals surface area contributed by atoms with E-state index in [0.717, 1.165) is 65.1 Å². The Morgan fingerprint density at radius 2 is 1.77 bits per heavy atom. The summed E-state index contributed by atoms with van der Waals surface area (Å²) in [5, 5.41) is 26.6. The number of fused-ring (bicyclic) bond motifs is 1. The molecule has 69 heavy (non-hydrogen) atoms. The first-order chi connectivity index (χ1) is 33.0. The minimum absolute atomic E-state index is 0.00995. The summed E-state index contributed by atoms with van der Waals surface area (Å²) in [6.45, 7) is 4.88. The van der Waals surface area contributed by atoms with Gasteiger partial charge >= 0.3 is 11.9 Å². The van der Waals surface area contributed by atoms with Gasteiger partial charge in [-0.3, -0.25) is 24.6 Å². The lowest BCUT2D eigenvalue weighted by molar-refractivity contribution is -0.139. The first kappa shape index (κ1) is 46.2. The van der Waals surface area contributed by atoms with Crippen LogP contribution in [0.3, 0.4) is 0 Å². The number of aliphatic carboxylic acids is 1. The van der Waals surface area contributed by atoms with Gasteiger partial charge < -0.3 is 29.6 Å². The maximum Gasteiger partial charge on any atom is 0.349 e. The highest BCUT2D eigenvalue weighted by atomic mass is 35.5. The number of imide groups is 1. The minimum Gasteiger partial charge on any atom is -0.479 e. The number of imidazole rings is 1. The average molecular weight is 995 g/mol. The molecule has 0 radical (unpaired) electrons. The highest BCUT2D eigenvalue weighted by Crippen LogP contribution is 2.47. The Hall–Kier alpha value is -6.54. The number of piperidine rings is 3. The largest absolute Gasteiger partial charge is 0.479 e. The Morgan fingerprint density at radius 3 is 2.51 bits per heavy atom. The van der Waals surface area contributed by atoms with E-state index in [1.54, 1.807) is 27.4 Å². The third-order valence-corrected chi connectivity index (χ3v) is 17.4. The van der Waals surface area contributed by atoms with Gasteiger partial charge in [-0.1, -0.05) is 41.9 Å². The predicted octanol–water partition coefficient (Wildman–Crippen LogP) is 7.37. The van der Waals surface area contributed by atoms with E-state index in [1.165, 1.54) is 0 Å². The number of pyridine rings is 1. The van der Waals surface area contributed by atoms with E-state index in [2.05, 4.69) is 21.6 Å². The smallest absolute Gasteiger partial charge is 0.349 e. The lowest BCUT2D eigenvalue weighted by Gasteiger charge is -2.45. The minimum atomic E-state index is -3.76. The van der Waals surface area contributed by atoms with Crippen molar-refractivity contribution in [3.8, 4) is 16.2 Å². The van der Waals surface area contributed by atoms with E-state index >= 15 is 0 Å². The zero-order chi connectivity index (χ0) is 48.5. The standard InChI is InChI=1S/C49H48ClN7O10S2/c1-49(2)23-31(51-30-6-3-5-29(22-30)44-42(50)43(67-25-40(59)60)45(68-44)48(63)64)16-20-56(49)69(65,66)26-27-13-17-55-24-38(52-37(55)21-27)54-18-14-28(15-19-54)32-9-10-35-41-33(32)7-4-8-34(41)47(62)57(35)36-11-12-39(58)53-46(36)61/h3-10,13,17,21-22,24,28,31,36,51H,11-12,14-16,18-20,23,25-26H2,1-2H3,(H,59,60)(H,63,64)(H,53,58,61). The normalized spacial score (nSPS) is 19.9. The number of aromatic carboxylic acids is 1. The van der Waals surface area contributed by atoms with Crippen molar-refractivity contribution in [3.63, 3.8) is 0 Å². The molecule has 3 saturated heterocycles. The van der Waals surface area contributed by atoms with Gasteiger partial charge in [0.05, 0.1) is 22.5 Å². The molecule has 10 rings (SSSR count). The van der Waals surface area contributed by atoms with Crippen molar-refractivity contribution < 1.29 is 47.3 Å². The summed E-state index contributed by atoms with van der Waals surface area (Å²) in [6, 6.07) is 19.8. The summed E-state index contributed by atoms with van der Waals surface area (Å²) < 4.78 is 37.0. The van der Waals surface area contributed by atoms with Crippen molar-refractivity contribution in [2.24, 2.45) is 0 Å². The third kappa shape index (κ3) is 8.65. The van der Waals surface area contributed by atoms with Crippen molar-refractivity contribution in [2.45, 2.75) is 81.7 Å². The molecule has 0 aliphatic carbocycles. The van der Waals surface area contributed by atoms with Crippen LogP contribution in [-0.4, -0.2) is 106 Å². The van der Waals surface area contributed by atoms with Crippen LogP contribution >= 0.6 is 22.9 Å². The Labute approximate surface area is 405 Å². The molecule has 7 heterocycles. The van der Waals surface area contributed by atoms with Gasteiger partial charge in [0.15, 0.2) is 17.2 Å². The lowest BCUT2D eigenvalue weighted by Crippen LogP contribution is -2.55. The van der Waals surface area contributed by atoms with Crippen molar-refractivity contribution in [3.05, 3.63) is 106 Å². The van der Waals surface area contributed by atoms with Crippen LogP contribution in [0.1, 0.15) is 89.4 Å². The first-order valence-electron chi connectivity index (χ1n) is 22.7. The fourth-order valence-corrected chi connectivity index (χ4v) is 13.9. The Morgan fingerprint density at radius 1 is 0.986 bits per heavy atom. The summed E-state index contributed by atoms with van der Waals surface area (Å²) in [5.41, 5.74) is 4.31. The van der Waals surface area contributed by atoms with Gasteiger partial charge in [0.1, 0.15) is 22.5 Å². The second kappa shape index (κ2) is 17.8.